The Balaban J connectivity index is 1.92. The molecule has 3 rings (SSSR count). The molecule has 0 aliphatic rings. The molecule has 0 aromatic heterocycles. The molecule has 30 heavy (non-hydrogen) atoms. The van der Waals surface area contributed by atoms with Gasteiger partial charge in [-0.25, -0.2) is 4.79 Å². The Morgan fingerprint density at radius 1 is 0.867 bits per heavy atom. The molecular weight excluding hydrogens is 382 g/mol. The topological polar surface area (TPSA) is 102 Å². The lowest BCUT2D eigenvalue weighted by Crippen LogP contribution is -2.37. The van der Waals surface area contributed by atoms with Crippen molar-refractivity contribution in [3.8, 4) is 0 Å². The fourth-order valence-corrected chi connectivity index (χ4v) is 2.84. The van der Waals surface area contributed by atoms with Crippen molar-refractivity contribution < 1.29 is 19.1 Å². The van der Waals surface area contributed by atoms with Gasteiger partial charge in [0.05, 0.1) is 17.9 Å². The molecule has 0 bridgehead atoms. The normalized spacial score (nSPS) is 10.2. The van der Waals surface area contributed by atoms with Crippen molar-refractivity contribution in [3.63, 3.8) is 0 Å². The number of esters is 1. The fourth-order valence-electron chi connectivity index (χ4n) is 2.84. The van der Waals surface area contributed by atoms with E-state index in [0.717, 1.165) is 0 Å². The lowest BCUT2D eigenvalue weighted by molar-refractivity contribution is -0.134. The van der Waals surface area contributed by atoms with E-state index >= 15 is 0 Å². The molecule has 0 heterocycles. The van der Waals surface area contributed by atoms with E-state index < -0.39 is 17.8 Å². The van der Waals surface area contributed by atoms with E-state index in [9.17, 15) is 14.4 Å². The number of hydrogen-bond donors (Lipinski definition) is 2. The van der Waals surface area contributed by atoms with Crippen molar-refractivity contribution in [2.45, 2.75) is 6.92 Å². The van der Waals surface area contributed by atoms with Crippen LogP contribution in [0.25, 0.3) is 0 Å². The van der Waals surface area contributed by atoms with Crippen molar-refractivity contribution in [2.75, 3.05) is 22.6 Å². The van der Waals surface area contributed by atoms with Gasteiger partial charge >= 0.3 is 17.8 Å². The van der Waals surface area contributed by atoms with Crippen LogP contribution in [0, 0.1) is 0 Å². The van der Waals surface area contributed by atoms with Crippen LogP contribution in [0.2, 0.25) is 0 Å². The van der Waals surface area contributed by atoms with E-state index in [4.69, 9.17) is 10.5 Å². The van der Waals surface area contributed by atoms with Crippen LogP contribution >= 0.6 is 0 Å². The van der Waals surface area contributed by atoms with Crippen LogP contribution in [-0.4, -0.2) is 24.4 Å². The fraction of sp³-hybridized carbons (Fsp3) is 0.0870. The molecule has 0 aliphatic carbocycles. The summed E-state index contributed by atoms with van der Waals surface area (Å²) in [5.41, 5.74) is 7.64. The van der Waals surface area contributed by atoms with Crippen molar-refractivity contribution in [1.29, 1.82) is 0 Å². The summed E-state index contributed by atoms with van der Waals surface area (Å²) in [5, 5.41) is 2.53. The van der Waals surface area contributed by atoms with E-state index in [1.165, 1.54) is 17.0 Å². The first-order chi connectivity index (χ1) is 14.5. The minimum absolute atomic E-state index is 0.166. The summed E-state index contributed by atoms with van der Waals surface area (Å²) < 4.78 is 5.01. The number of nitrogen functional groups attached to an aromatic ring is 1. The molecule has 3 aromatic rings. The predicted molar refractivity (Wildman–Crippen MR) is 115 cm³/mol. The Kier molecular flexibility index (Phi) is 6.44. The predicted octanol–water partition coefficient (Wildman–Crippen LogP) is 3.75. The number of nitrogens with one attached hydrogen (secondary N) is 1. The molecule has 0 saturated carbocycles. The van der Waals surface area contributed by atoms with E-state index in [1.807, 2.05) is 6.07 Å². The Morgan fingerprint density at radius 2 is 1.47 bits per heavy atom. The number of hydrogen-bond acceptors (Lipinski definition) is 5. The maximum Gasteiger partial charge on any atom is 0.340 e. The summed E-state index contributed by atoms with van der Waals surface area (Å²) in [6.07, 6.45) is 0. The Labute approximate surface area is 174 Å². The summed E-state index contributed by atoms with van der Waals surface area (Å²) in [4.78, 5) is 39.4. The standard InChI is InChI=1S/C23H21N3O4/c1-2-30-23(29)19-10-6-7-11-20(19)25-21(27)22(28)26(17-8-4-3-5-9-17)18-14-12-16(24)13-15-18/h3-15H,2,24H2,1H3,(H,25,27). The van der Waals surface area contributed by atoms with Gasteiger partial charge in [-0.15, -0.1) is 0 Å². The number of amides is 2. The molecule has 3 aromatic carbocycles. The molecule has 0 fully saturated rings. The summed E-state index contributed by atoms with van der Waals surface area (Å²) in [6, 6.07) is 21.7. The maximum atomic E-state index is 13.1. The highest BCUT2D eigenvalue weighted by atomic mass is 16.5. The average molecular weight is 403 g/mol. The number of rotatable bonds is 5. The second kappa shape index (κ2) is 9.38. The van der Waals surface area contributed by atoms with Crippen LogP contribution in [0.4, 0.5) is 22.7 Å². The van der Waals surface area contributed by atoms with Gasteiger partial charge in [-0.1, -0.05) is 30.3 Å². The molecule has 152 valence electrons. The number of para-hydroxylation sites is 2. The van der Waals surface area contributed by atoms with Crippen LogP contribution in [0.5, 0.6) is 0 Å². The highest BCUT2D eigenvalue weighted by Gasteiger charge is 2.26. The van der Waals surface area contributed by atoms with Crippen LogP contribution in [-0.2, 0) is 14.3 Å². The molecule has 0 radical (unpaired) electrons. The lowest BCUT2D eigenvalue weighted by Gasteiger charge is -2.22. The van der Waals surface area contributed by atoms with E-state index in [1.54, 1.807) is 67.6 Å². The van der Waals surface area contributed by atoms with Gasteiger partial charge < -0.3 is 15.8 Å². The first-order valence-corrected chi connectivity index (χ1v) is 9.33. The monoisotopic (exact) mass is 403 g/mol. The molecule has 7 heteroatoms. The summed E-state index contributed by atoms with van der Waals surface area (Å²) in [6.45, 7) is 1.88. The smallest absolute Gasteiger partial charge is 0.340 e. The van der Waals surface area contributed by atoms with Gasteiger partial charge in [0.1, 0.15) is 0 Å². The highest BCUT2D eigenvalue weighted by Crippen LogP contribution is 2.27. The lowest BCUT2D eigenvalue weighted by atomic mass is 10.1. The van der Waals surface area contributed by atoms with Gasteiger partial charge in [0.2, 0.25) is 0 Å². The molecule has 7 nitrogen and oxygen atoms in total. The molecule has 0 atom stereocenters. The number of carbonyl (C=O) groups excluding carboxylic acids is 3. The number of anilines is 4. The van der Waals surface area contributed by atoms with E-state index in [0.29, 0.717) is 17.1 Å². The molecular formula is C23H21N3O4. The number of benzene rings is 3. The van der Waals surface area contributed by atoms with Gasteiger partial charge in [-0.05, 0) is 55.5 Å². The third-order valence-electron chi connectivity index (χ3n) is 4.23. The van der Waals surface area contributed by atoms with E-state index in [-0.39, 0.29) is 17.9 Å². The van der Waals surface area contributed by atoms with Crippen molar-refractivity contribution in [3.05, 3.63) is 84.4 Å². The summed E-state index contributed by atoms with van der Waals surface area (Å²) >= 11 is 0. The number of carbonyl (C=O) groups is 3. The largest absolute Gasteiger partial charge is 0.462 e. The Hall–Kier alpha value is -4.13. The molecule has 3 N–H and O–H groups in total. The van der Waals surface area contributed by atoms with Gasteiger partial charge in [0.25, 0.3) is 0 Å². The zero-order valence-corrected chi connectivity index (χ0v) is 16.4. The van der Waals surface area contributed by atoms with Gasteiger partial charge in [0.15, 0.2) is 0 Å². The number of nitrogens with zero attached hydrogens (tertiary/aromatic N) is 1. The van der Waals surface area contributed by atoms with Crippen molar-refractivity contribution in [2.24, 2.45) is 0 Å². The second-order valence-corrected chi connectivity index (χ2v) is 6.29. The first-order valence-electron chi connectivity index (χ1n) is 9.33. The molecule has 0 saturated heterocycles. The van der Waals surface area contributed by atoms with Crippen LogP contribution in [0.3, 0.4) is 0 Å². The van der Waals surface area contributed by atoms with E-state index in [2.05, 4.69) is 5.32 Å². The zero-order valence-electron chi connectivity index (χ0n) is 16.4. The average Bonchev–Trinajstić information content (AvgIpc) is 2.76. The number of ether oxygens (including phenoxy) is 1. The number of nitrogens with two attached hydrogens (primary N) is 1. The first kappa shape index (κ1) is 20.6. The summed E-state index contributed by atoms with van der Waals surface area (Å²) in [5.74, 6) is -2.30. The SMILES string of the molecule is CCOC(=O)c1ccccc1NC(=O)C(=O)N(c1ccccc1)c1ccc(N)cc1. The molecule has 2 amide bonds. The van der Waals surface area contributed by atoms with Gasteiger partial charge in [-0.3, -0.25) is 14.5 Å². The van der Waals surface area contributed by atoms with Crippen LogP contribution < -0.4 is 16.0 Å². The van der Waals surface area contributed by atoms with Crippen LogP contribution in [0.15, 0.2) is 78.9 Å². The molecule has 0 unspecified atom stereocenters. The third kappa shape index (κ3) is 4.64. The van der Waals surface area contributed by atoms with Crippen molar-refractivity contribution in [1.82, 2.24) is 0 Å². The minimum Gasteiger partial charge on any atom is -0.462 e. The van der Waals surface area contributed by atoms with Crippen LogP contribution in [0.1, 0.15) is 17.3 Å². The second-order valence-electron chi connectivity index (χ2n) is 6.29. The quantitative estimate of drug-likeness (QED) is 0.384. The highest BCUT2D eigenvalue weighted by molar-refractivity contribution is 6.46. The zero-order chi connectivity index (χ0) is 21.5. The minimum atomic E-state index is -0.896. The molecule has 0 spiro atoms. The van der Waals surface area contributed by atoms with Gasteiger partial charge in [0, 0.05) is 17.1 Å². The Morgan fingerprint density at radius 3 is 2.13 bits per heavy atom. The third-order valence-corrected chi connectivity index (χ3v) is 4.23. The maximum absolute atomic E-state index is 13.1. The molecule has 0 aliphatic heterocycles. The summed E-state index contributed by atoms with van der Waals surface area (Å²) in [7, 11) is 0. The van der Waals surface area contributed by atoms with Crippen molar-refractivity contribution >= 4 is 40.5 Å². The Bertz CT molecular complexity index is 1050. The van der Waals surface area contributed by atoms with Gasteiger partial charge in [-0.2, -0.15) is 0 Å².